The maximum atomic E-state index is 11.6. The predicted octanol–water partition coefficient (Wildman–Crippen LogP) is 2.98. The number of carbonyl (C=O) groups is 2. The van der Waals surface area contributed by atoms with Gasteiger partial charge in [0, 0.05) is 12.6 Å². The zero-order valence-electron chi connectivity index (χ0n) is 13.8. The van der Waals surface area contributed by atoms with Gasteiger partial charge in [-0.15, -0.1) is 0 Å². The molecule has 0 fully saturated rings. The molecule has 0 aliphatic carbocycles. The summed E-state index contributed by atoms with van der Waals surface area (Å²) in [6, 6.07) is 8.39. The van der Waals surface area contributed by atoms with Crippen LogP contribution in [0.2, 0.25) is 0 Å². The van der Waals surface area contributed by atoms with E-state index in [1.165, 1.54) is 17.2 Å². The average molecular weight is 303 g/mol. The molecule has 0 heterocycles. The van der Waals surface area contributed by atoms with Crippen molar-refractivity contribution >= 4 is 11.9 Å². The highest BCUT2D eigenvalue weighted by Crippen LogP contribution is 2.14. The number of benzene rings is 1. The molecule has 0 atom stereocenters. The molecule has 120 valence electrons. The molecular weight excluding hydrogens is 278 g/mol. The highest BCUT2D eigenvalue weighted by molar-refractivity contribution is 5.86. The molecule has 22 heavy (non-hydrogen) atoms. The Morgan fingerprint density at radius 3 is 2.36 bits per heavy atom. The van der Waals surface area contributed by atoms with Crippen molar-refractivity contribution < 1.29 is 14.3 Å². The molecule has 1 aromatic carbocycles. The van der Waals surface area contributed by atoms with E-state index in [9.17, 15) is 9.59 Å². The van der Waals surface area contributed by atoms with Gasteiger partial charge in [-0.25, -0.2) is 4.79 Å². The van der Waals surface area contributed by atoms with Crippen LogP contribution in [0.4, 0.5) is 0 Å². The minimum absolute atomic E-state index is 0.241. The predicted molar refractivity (Wildman–Crippen MR) is 87.6 cm³/mol. The molecule has 0 saturated carbocycles. The lowest BCUT2D eigenvalue weighted by atomic mass is 10.0. The van der Waals surface area contributed by atoms with E-state index in [1.54, 1.807) is 13.8 Å². The van der Waals surface area contributed by atoms with Crippen LogP contribution in [0.1, 0.15) is 44.7 Å². The van der Waals surface area contributed by atoms with E-state index in [2.05, 4.69) is 43.4 Å². The van der Waals surface area contributed by atoms with Gasteiger partial charge in [-0.3, -0.25) is 4.79 Å². The van der Waals surface area contributed by atoms with Gasteiger partial charge in [-0.2, -0.15) is 0 Å². The first-order valence-corrected chi connectivity index (χ1v) is 7.55. The number of ether oxygens (including phenoxy) is 1. The Morgan fingerprint density at radius 1 is 1.18 bits per heavy atom. The summed E-state index contributed by atoms with van der Waals surface area (Å²) in [5.74, 6) is -0.252. The minimum Gasteiger partial charge on any atom is -0.452 e. The number of nitrogens with one attached hydrogen (secondary N) is 1. The SMILES string of the molecule is CC(C)=CC(=O)OCC(=O)NCCc1ccc(C(C)C)cc1. The standard InChI is InChI=1S/C18H25NO3/c1-13(2)11-18(21)22-12-17(20)19-10-9-15-5-7-16(8-6-15)14(3)4/h5-8,11,14H,9-10,12H2,1-4H3,(H,19,20). The van der Waals surface area contributed by atoms with Crippen molar-refractivity contribution in [2.24, 2.45) is 0 Å². The molecule has 4 heteroatoms. The van der Waals surface area contributed by atoms with Crippen LogP contribution in [0.3, 0.4) is 0 Å². The molecule has 0 radical (unpaired) electrons. The zero-order valence-corrected chi connectivity index (χ0v) is 13.8. The third kappa shape index (κ3) is 7.07. The monoisotopic (exact) mass is 303 g/mol. The molecule has 0 bridgehead atoms. The maximum Gasteiger partial charge on any atom is 0.331 e. The van der Waals surface area contributed by atoms with Gasteiger partial charge in [0.2, 0.25) is 0 Å². The van der Waals surface area contributed by atoms with Crippen LogP contribution in [-0.4, -0.2) is 25.0 Å². The first kappa shape index (κ1) is 18.0. The fourth-order valence-electron chi connectivity index (χ4n) is 1.88. The van der Waals surface area contributed by atoms with Crippen molar-refractivity contribution in [3.63, 3.8) is 0 Å². The van der Waals surface area contributed by atoms with Crippen LogP contribution < -0.4 is 5.32 Å². The molecule has 0 aliphatic heterocycles. The van der Waals surface area contributed by atoms with Crippen molar-refractivity contribution in [3.05, 3.63) is 47.0 Å². The van der Waals surface area contributed by atoms with E-state index in [-0.39, 0.29) is 12.5 Å². The normalized spacial score (nSPS) is 10.2. The topological polar surface area (TPSA) is 55.4 Å². The third-order valence-corrected chi connectivity index (χ3v) is 3.13. The molecule has 1 amide bonds. The molecule has 4 nitrogen and oxygen atoms in total. The van der Waals surface area contributed by atoms with Crippen LogP contribution >= 0.6 is 0 Å². The Morgan fingerprint density at radius 2 is 1.82 bits per heavy atom. The van der Waals surface area contributed by atoms with E-state index in [1.807, 2.05) is 0 Å². The molecule has 0 unspecified atom stereocenters. The Labute approximate surface area is 132 Å². The van der Waals surface area contributed by atoms with Crippen molar-refractivity contribution in [1.29, 1.82) is 0 Å². The Bertz CT molecular complexity index is 526. The van der Waals surface area contributed by atoms with E-state index >= 15 is 0 Å². The lowest BCUT2D eigenvalue weighted by molar-refractivity contribution is -0.143. The van der Waals surface area contributed by atoms with Crippen LogP contribution in [0.15, 0.2) is 35.9 Å². The van der Waals surface area contributed by atoms with Gasteiger partial charge < -0.3 is 10.1 Å². The molecule has 0 saturated heterocycles. The van der Waals surface area contributed by atoms with Crippen molar-refractivity contribution in [3.8, 4) is 0 Å². The second kappa shape index (κ2) is 9.03. The van der Waals surface area contributed by atoms with Crippen molar-refractivity contribution in [1.82, 2.24) is 5.32 Å². The quantitative estimate of drug-likeness (QED) is 0.622. The second-order valence-corrected chi connectivity index (χ2v) is 5.83. The summed E-state index contributed by atoms with van der Waals surface area (Å²) in [7, 11) is 0. The summed E-state index contributed by atoms with van der Waals surface area (Å²) in [4.78, 5) is 22.8. The van der Waals surface area contributed by atoms with Gasteiger partial charge in [0.1, 0.15) is 0 Å². The lowest BCUT2D eigenvalue weighted by Crippen LogP contribution is -2.30. The first-order valence-electron chi connectivity index (χ1n) is 7.55. The first-order chi connectivity index (χ1) is 10.4. The zero-order chi connectivity index (χ0) is 16.5. The second-order valence-electron chi connectivity index (χ2n) is 5.83. The van der Waals surface area contributed by atoms with E-state index in [4.69, 9.17) is 4.74 Å². The molecular formula is C18H25NO3. The average Bonchev–Trinajstić information content (AvgIpc) is 2.45. The van der Waals surface area contributed by atoms with E-state index in [0.717, 1.165) is 12.0 Å². The Hall–Kier alpha value is -2.10. The van der Waals surface area contributed by atoms with Gasteiger partial charge in [-0.05, 0) is 37.3 Å². The maximum absolute atomic E-state index is 11.6. The summed E-state index contributed by atoms with van der Waals surface area (Å²) in [6.07, 6.45) is 2.12. The molecule has 0 spiro atoms. The molecule has 1 N–H and O–H groups in total. The fourth-order valence-corrected chi connectivity index (χ4v) is 1.88. The van der Waals surface area contributed by atoms with E-state index < -0.39 is 5.97 Å². The van der Waals surface area contributed by atoms with Crippen LogP contribution in [0, 0.1) is 0 Å². The van der Waals surface area contributed by atoms with Crippen molar-refractivity contribution in [2.45, 2.75) is 40.0 Å². The van der Waals surface area contributed by atoms with Gasteiger partial charge >= 0.3 is 5.97 Å². The highest BCUT2D eigenvalue weighted by atomic mass is 16.5. The number of rotatable bonds is 7. The third-order valence-electron chi connectivity index (χ3n) is 3.13. The minimum atomic E-state index is -0.487. The summed E-state index contributed by atoms with van der Waals surface area (Å²) in [5.41, 5.74) is 3.32. The number of carbonyl (C=O) groups excluding carboxylic acids is 2. The molecule has 0 aromatic heterocycles. The number of allylic oxidation sites excluding steroid dienone is 1. The number of hydrogen-bond acceptors (Lipinski definition) is 3. The lowest BCUT2D eigenvalue weighted by Gasteiger charge is -2.08. The van der Waals surface area contributed by atoms with Crippen molar-refractivity contribution in [2.75, 3.05) is 13.2 Å². The van der Waals surface area contributed by atoms with Gasteiger partial charge in [0.25, 0.3) is 5.91 Å². The Kier molecular flexibility index (Phi) is 7.37. The molecule has 1 rings (SSSR count). The molecule has 1 aromatic rings. The summed E-state index contributed by atoms with van der Waals surface area (Å²) in [6.45, 7) is 8.20. The van der Waals surface area contributed by atoms with Crippen LogP contribution in [0.25, 0.3) is 0 Å². The Balaban J connectivity index is 2.27. The smallest absolute Gasteiger partial charge is 0.331 e. The van der Waals surface area contributed by atoms with Crippen LogP contribution in [-0.2, 0) is 20.7 Å². The largest absolute Gasteiger partial charge is 0.452 e. The summed E-state index contributed by atoms with van der Waals surface area (Å²) in [5, 5.41) is 2.74. The number of hydrogen-bond donors (Lipinski definition) is 1. The number of amides is 1. The highest BCUT2D eigenvalue weighted by Gasteiger charge is 2.05. The fraction of sp³-hybridized carbons (Fsp3) is 0.444. The van der Waals surface area contributed by atoms with Crippen LogP contribution in [0.5, 0.6) is 0 Å². The number of esters is 1. The van der Waals surface area contributed by atoms with Gasteiger partial charge in [-0.1, -0.05) is 43.7 Å². The summed E-state index contributed by atoms with van der Waals surface area (Å²) >= 11 is 0. The van der Waals surface area contributed by atoms with E-state index in [0.29, 0.717) is 12.5 Å². The molecule has 0 aliphatic rings. The van der Waals surface area contributed by atoms with Gasteiger partial charge in [0.05, 0.1) is 0 Å². The van der Waals surface area contributed by atoms with Gasteiger partial charge in [0.15, 0.2) is 6.61 Å². The summed E-state index contributed by atoms with van der Waals surface area (Å²) < 4.78 is 4.83.